The molecule has 50 heavy (non-hydrogen) atoms. The zero-order valence-electron chi connectivity index (χ0n) is 20.8. The van der Waals surface area contributed by atoms with Crippen LogP contribution in [-0.4, -0.2) is 111 Å². The molecule has 0 rings (SSSR count). The third kappa shape index (κ3) is 36.9. The van der Waals surface area contributed by atoms with E-state index < -0.39 is 93.8 Å². The van der Waals surface area contributed by atoms with Gasteiger partial charge in [0.2, 0.25) is 0 Å². The van der Waals surface area contributed by atoms with Gasteiger partial charge in [0.05, 0.1) is 0 Å². The third-order valence-electron chi connectivity index (χ3n) is 1.70. The van der Waals surface area contributed by atoms with E-state index in [1.807, 2.05) is 0 Å². The van der Waals surface area contributed by atoms with Crippen molar-refractivity contribution in [3.05, 3.63) is 0 Å². The van der Waals surface area contributed by atoms with E-state index in [1.165, 1.54) is 0 Å². The minimum Gasteiger partial charge on any atom is -0.741 e. The smallest absolute Gasteiger partial charge is 0.741 e. The summed E-state index contributed by atoms with van der Waals surface area (Å²) in [6.07, 6.45) is 0. The van der Waals surface area contributed by atoms with E-state index in [-0.39, 0.29) is 71.2 Å². The van der Waals surface area contributed by atoms with E-state index in [2.05, 4.69) is 0 Å². The Hall–Kier alpha value is 0.590. The molecule has 0 heterocycles. The van der Waals surface area contributed by atoms with Crippen molar-refractivity contribution >= 4 is 60.7 Å². The fraction of sp³-hybridized carbons (Fsp3) is 1.00. The fourth-order valence-electron chi connectivity index (χ4n) is 0. The van der Waals surface area contributed by atoms with Gasteiger partial charge in [0.15, 0.2) is 60.7 Å². The third-order valence-corrected chi connectivity index (χ3v) is 5.10. The maximum absolute atomic E-state index is 10.7. The van der Waals surface area contributed by atoms with Crippen LogP contribution >= 0.6 is 0 Å². The summed E-state index contributed by atoms with van der Waals surface area (Å²) in [5.41, 5.74) is -33.9. The fourth-order valence-corrected chi connectivity index (χ4v) is 0. The molecule has 0 aliphatic rings. The molecular weight excluding hydrogens is 1170 g/mol. The van der Waals surface area contributed by atoms with Crippen LogP contribution in [-0.2, 0) is 60.7 Å². The molecule has 0 aliphatic carbocycles. The molecule has 0 radical (unpaired) electrons. The van der Waals surface area contributed by atoms with Crippen LogP contribution in [0.3, 0.4) is 0 Å². The molecule has 0 amide bonds. The second-order valence-corrected chi connectivity index (χ2v) is 13.6. The number of hydrogen-bond donors (Lipinski definition) is 0. The van der Waals surface area contributed by atoms with Crippen molar-refractivity contribution < 1.29 is 228 Å². The molecule has 0 bridgehead atoms. The zero-order valence-corrected chi connectivity index (χ0v) is 32.9. The number of rotatable bonds is 0. The van der Waals surface area contributed by atoms with E-state index >= 15 is 0 Å². The van der Waals surface area contributed by atoms with E-state index in [1.54, 1.807) is 0 Å². The van der Waals surface area contributed by atoms with Crippen molar-refractivity contribution in [1.29, 1.82) is 0 Å². The van der Waals surface area contributed by atoms with Crippen LogP contribution in [0, 0.1) is 71.2 Å². The summed E-state index contributed by atoms with van der Waals surface area (Å²) in [7, 11) is -36.5. The molecule has 300 valence electrons. The largest absolute Gasteiger partial charge is 3.00 e. The van der Waals surface area contributed by atoms with Crippen molar-refractivity contribution in [3.63, 3.8) is 0 Å². The summed E-state index contributed by atoms with van der Waals surface area (Å²) >= 11 is 0. The van der Waals surface area contributed by atoms with Gasteiger partial charge in [-0.15, -0.1) is 0 Å². The van der Waals surface area contributed by atoms with Gasteiger partial charge in [-0.2, -0.15) is 79.0 Å². The summed E-state index contributed by atoms with van der Waals surface area (Å²) in [5.74, 6) is 0. The zero-order chi connectivity index (χ0) is 42.0. The summed E-state index contributed by atoms with van der Waals surface area (Å²) < 4.78 is 353. The summed E-state index contributed by atoms with van der Waals surface area (Å²) in [6.45, 7) is 0. The Labute approximate surface area is 319 Å². The quantitative estimate of drug-likeness (QED) is 0.179. The minimum absolute atomic E-state index is 0. The molecule has 0 aromatic carbocycles. The Balaban J connectivity index is -0.0000000700. The van der Waals surface area contributed by atoms with Crippen molar-refractivity contribution in [3.8, 4) is 0 Å². The molecule has 0 spiro atoms. The molecule has 0 aromatic rings. The second-order valence-electron chi connectivity index (χ2n) is 5.40. The Morgan fingerprint density at radius 1 is 0.220 bits per heavy atom. The van der Waals surface area contributed by atoms with Crippen molar-refractivity contribution in [2.24, 2.45) is 0 Å². The SMILES string of the molecule is O=S(=O)([O-])C(F)(F)F.O=S(=O)([O-])C(F)(F)F.O=S(=O)([O-])C(F)(F)F.O=S(=O)([O-])C(F)(F)F.O=S(=O)([O-])C(F)(F)F.O=S(=O)([O-])C(F)(F)F.[La+3].[La+3]. The van der Waals surface area contributed by atoms with Gasteiger partial charge in [-0.3, -0.25) is 0 Å². The minimum atomic E-state index is -6.09. The monoisotopic (exact) mass is 1170 g/mol. The number of hydrogen-bond acceptors (Lipinski definition) is 18. The molecule has 18 nitrogen and oxygen atoms in total. The summed E-state index contributed by atoms with van der Waals surface area (Å²) in [5, 5.41) is 0. The van der Waals surface area contributed by atoms with Gasteiger partial charge in [-0.1, -0.05) is 0 Å². The first-order chi connectivity index (χ1) is 19.5. The van der Waals surface area contributed by atoms with E-state index in [0.29, 0.717) is 0 Å². The predicted octanol–water partition coefficient (Wildman–Crippen LogP) is 0.308. The van der Waals surface area contributed by atoms with Crippen LogP contribution in [0.2, 0.25) is 0 Å². The maximum Gasteiger partial charge on any atom is 3.00 e. The molecule has 0 saturated carbocycles. The van der Waals surface area contributed by atoms with Crippen molar-refractivity contribution in [1.82, 2.24) is 0 Å². The van der Waals surface area contributed by atoms with Crippen LogP contribution in [0.25, 0.3) is 0 Å². The topological polar surface area (TPSA) is 343 Å². The van der Waals surface area contributed by atoms with Crippen LogP contribution in [0.1, 0.15) is 0 Å². The van der Waals surface area contributed by atoms with Gasteiger partial charge in [0.25, 0.3) is 0 Å². The van der Waals surface area contributed by atoms with Gasteiger partial charge >= 0.3 is 104 Å². The van der Waals surface area contributed by atoms with E-state index in [9.17, 15) is 79.0 Å². The van der Waals surface area contributed by atoms with Gasteiger partial charge in [0.1, 0.15) is 0 Å². The normalized spacial score (nSPS) is 13.4. The van der Waals surface area contributed by atoms with Gasteiger partial charge in [-0.25, -0.2) is 50.5 Å². The average molecular weight is 1170 g/mol. The first-order valence-corrected chi connectivity index (χ1v) is 16.1. The second kappa shape index (κ2) is 22.2. The molecule has 0 saturated heterocycles. The Kier molecular flexibility index (Phi) is 30.5. The summed E-state index contributed by atoms with van der Waals surface area (Å²) in [6, 6.07) is 0. The molecule has 0 fully saturated rings. The Bertz CT molecular complexity index is 1320. The molecule has 0 N–H and O–H groups in total. The summed E-state index contributed by atoms with van der Waals surface area (Å²) in [4.78, 5) is 0. The molecule has 0 aliphatic heterocycles. The van der Waals surface area contributed by atoms with Crippen LogP contribution in [0.4, 0.5) is 79.0 Å². The first-order valence-electron chi connectivity index (χ1n) is 7.63. The molecule has 0 unspecified atom stereocenters. The predicted molar refractivity (Wildman–Crippen MR) is 94.5 cm³/mol. The number of alkyl halides is 18. The first kappa shape index (κ1) is 68.6. The number of halogens is 18. The van der Waals surface area contributed by atoms with E-state index in [0.717, 1.165) is 0 Å². The van der Waals surface area contributed by atoms with Gasteiger partial charge in [0, 0.05) is 0 Å². The molecular formula is C6F18La2O18S6. The van der Waals surface area contributed by atoms with E-state index in [4.69, 9.17) is 77.8 Å². The Morgan fingerprint density at radius 2 is 0.240 bits per heavy atom. The average Bonchev–Trinajstić information content (AvgIpc) is 2.60. The van der Waals surface area contributed by atoms with Crippen LogP contribution in [0.15, 0.2) is 0 Å². The van der Waals surface area contributed by atoms with Gasteiger partial charge in [-0.05, 0) is 0 Å². The van der Waals surface area contributed by atoms with Crippen LogP contribution < -0.4 is 0 Å². The Morgan fingerprint density at radius 3 is 0.240 bits per heavy atom. The molecule has 0 atom stereocenters. The molecule has 44 heteroatoms. The van der Waals surface area contributed by atoms with Crippen molar-refractivity contribution in [2.45, 2.75) is 33.0 Å². The van der Waals surface area contributed by atoms with Gasteiger partial charge < -0.3 is 27.3 Å². The van der Waals surface area contributed by atoms with Crippen molar-refractivity contribution in [2.75, 3.05) is 0 Å². The maximum atomic E-state index is 10.7. The standard InChI is InChI=1S/6CHF3O3S.2La/c6*2-1(3,4)8(5,6)7;;/h6*(H,5,6,7);;/q;;;;;;2*+3/p-6. The molecule has 0 aromatic heterocycles. The van der Waals surface area contributed by atoms with Crippen LogP contribution in [0.5, 0.6) is 0 Å².